The minimum absolute atomic E-state index is 0.101. The first-order valence-electron chi connectivity index (χ1n) is 5.14. The van der Waals surface area contributed by atoms with Gasteiger partial charge in [-0.25, -0.2) is 8.42 Å². The predicted molar refractivity (Wildman–Crippen MR) is 69.5 cm³/mol. The zero-order valence-corrected chi connectivity index (χ0v) is 11.3. The number of halogens is 1. The number of alkyl halides is 1. The SMILES string of the molecule is CC[C@@](Cl)([C@H](O)c1cccc(N)c1)S(C)(=O)=O. The molecule has 17 heavy (non-hydrogen) atoms. The number of aliphatic hydroxyl groups is 1. The topological polar surface area (TPSA) is 80.4 Å². The predicted octanol–water partition coefficient (Wildman–Crippen LogP) is 1.69. The molecule has 0 spiro atoms. The molecule has 0 unspecified atom stereocenters. The summed E-state index contributed by atoms with van der Waals surface area (Å²) in [6.45, 7) is 1.61. The first-order chi connectivity index (χ1) is 7.72. The highest BCUT2D eigenvalue weighted by atomic mass is 35.5. The molecule has 2 atom stereocenters. The van der Waals surface area contributed by atoms with Gasteiger partial charge in [0, 0.05) is 11.9 Å². The van der Waals surface area contributed by atoms with E-state index in [4.69, 9.17) is 17.3 Å². The number of rotatable bonds is 4. The summed E-state index contributed by atoms with van der Waals surface area (Å²) in [7, 11) is -3.60. The molecule has 96 valence electrons. The Morgan fingerprint density at radius 2 is 2.12 bits per heavy atom. The van der Waals surface area contributed by atoms with Gasteiger partial charge in [-0.05, 0) is 24.1 Å². The third kappa shape index (κ3) is 2.73. The Bertz CT molecular complexity index is 503. The minimum Gasteiger partial charge on any atom is -0.399 e. The average Bonchev–Trinajstić information content (AvgIpc) is 2.25. The monoisotopic (exact) mass is 277 g/mol. The number of anilines is 1. The highest BCUT2D eigenvalue weighted by Crippen LogP contribution is 2.39. The summed E-state index contributed by atoms with van der Waals surface area (Å²) in [4.78, 5) is 0. The van der Waals surface area contributed by atoms with Crippen molar-refractivity contribution < 1.29 is 13.5 Å². The Morgan fingerprint density at radius 3 is 2.53 bits per heavy atom. The first-order valence-corrected chi connectivity index (χ1v) is 7.41. The Balaban J connectivity index is 3.24. The van der Waals surface area contributed by atoms with Crippen molar-refractivity contribution in [1.29, 1.82) is 0 Å². The summed E-state index contributed by atoms with van der Waals surface area (Å²) >= 11 is 6.06. The van der Waals surface area contributed by atoms with Crippen LogP contribution >= 0.6 is 11.6 Å². The molecule has 0 aromatic heterocycles. The molecule has 3 N–H and O–H groups in total. The normalized spacial score (nSPS) is 17.4. The van der Waals surface area contributed by atoms with E-state index in [1.165, 1.54) is 6.07 Å². The second kappa shape index (κ2) is 4.84. The molecule has 4 nitrogen and oxygen atoms in total. The van der Waals surface area contributed by atoms with Gasteiger partial charge in [-0.1, -0.05) is 30.7 Å². The Labute approximate surface area is 106 Å². The lowest BCUT2D eigenvalue weighted by Crippen LogP contribution is -2.37. The van der Waals surface area contributed by atoms with Gasteiger partial charge in [-0.15, -0.1) is 0 Å². The van der Waals surface area contributed by atoms with Crippen LogP contribution in [0, 0.1) is 0 Å². The van der Waals surface area contributed by atoms with Crippen molar-refractivity contribution in [2.24, 2.45) is 0 Å². The second-order valence-electron chi connectivity index (χ2n) is 3.98. The van der Waals surface area contributed by atoms with Crippen molar-refractivity contribution in [1.82, 2.24) is 0 Å². The van der Waals surface area contributed by atoms with Gasteiger partial charge in [0.25, 0.3) is 0 Å². The van der Waals surface area contributed by atoms with Crippen LogP contribution in [-0.2, 0) is 9.84 Å². The van der Waals surface area contributed by atoms with Crippen molar-refractivity contribution in [3.05, 3.63) is 29.8 Å². The number of benzene rings is 1. The van der Waals surface area contributed by atoms with Gasteiger partial charge in [0.1, 0.15) is 6.10 Å². The quantitative estimate of drug-likeness (QED) is 0.648. The highest BCUT2D eigenvalue weighted by Gasteiger charge is 2.44. The van der Waals surface area contributed by atoms with Crippen LogP contribution in [0.3, 0.4) is 0 Å². The number of nitrogen functional groups attached to an aromatic ring is 1. The van der Waals surface area contributed by atoms with E-state index in [0.29, 0.717) is 11.3 Å². The van der Waals surface area contributed by atoms with Gasteiger partial charge in [-0.3, -0.25) is 0 Å². The van der Waals surface area contributed by atoms with Crippen LogP contribution in [0.25, 0.3) is 0 Å². The van der Waals surface area contributed by atoms with E-state index in [0.717, 1.165) is 6.26 Å². The maximum Gasteiger partial charge on any atom is 0.174 e. The molecule has 0 aliphatic carbocycles. The standard InChI is InChI=1S/C11H16ClNO3S/c1-3-11(12,17(2,15)16)10(14)8-5-4-6-9(13)7-8/h4-7,10,14H,3,13H2,1-2H3/t10-,11+/m1/s1. The second-order valence-corrected chi connectivity index (χ2v) is 7.16. The van der Waals surface area contributed by atoms with E-state index in [-0.39, 0.29) is 6.42 Å². The van der Waals surface area contributed by atoms with Crippen LogP contribution in [-0.4, -0.2) is 24.0 Å². The molecule has 0 heterocycles. The fourth-order valence-electron chi connectivity index (χ4n) is 1.64. The van der Waals surface area contributed by atoms with Gasteiger partial charge in [-0.2, -0.15) is 0 Å². The Morgan fingerprint density at radius 1 is 1.53 bits per heavy atom. The maximum absolute atomic E-state index is 11.7. The third-order valence-electron chi connectivity index (χ3n) is 2.73. The van der Waals surface area contributed by atoms with Crippen molar-refractivity contribution in [2.45, 2.75) is 23.7 Å². The summed E-state index contributed by atoms with van der Waals surface area (Å²) in [5, 5.41) is 10.1. The van der Waals surface area contributed by atoms with Crippen LogP contribution in [0.4, 0.5) is 5.69 Å². The molecule has 6 heteroatoms. The van der Waals surface area contributed by atoms with Gasteiger partial charge in [0.05, 0.1) is 0 Å². The average molecular weight is 278 g/mol. The zero-order chi connectivity index (χ0) is 13.3. The fourth-order valence-corrected chi connectivity index (χ4v) is 2.83. The molecule has 1 rings (SSSR count). The summed E-state index contributed by atoms with van der Waals surface area (Å²) < 4.78 is 21.6. The molecular weight excluding hydrogens is 262 g/mol. The van der Waals surface area contributed by atoms with E-state index < -0.39 is 20.1 Å². The lowest BCUT2D eigenvalue weighted by Gasteiger charge is -2.29. The minimum atomic E-state index is -3.60. The Kier molecular flexibility index (Phi) is 4.06. The van der Waals surface area contributed by atoms with Crippen LogP contribution in [0.1, 0.15) is 25.0 Å². The summed E-state index contributed by atoms with van der Waals surface area (Å²) in [5.41, 5.74) is 6.43. The maximum atomic E-state index is 11.7. The largest absolute Gasteiger partial charge is 0.399 e. The Hall–Kier alpha value is -0.780. The molecule has 0 bridgehead atoms. The molecule has 1 aromatic rings. The van der Waals surface area contributed by atoms with Gasteiger partial charge in [0.2, 0.25) is 0 Å². The summed E-state index contributed by atoms with van der Waals surface area (Å²) in [6.07, 6.45) is -0.199. The van der Waals surface area contributed by atoms with Crippen molar-refractivity contribution >= 4 is 27.1 Å². The smallest absolute Gasteiger partial charge is 0.174 e. The van der Waals surface area contributed by atoms with Gasteiger partial charge in [0.15, 0.2) is 14.0 Å². The van der Waals surface area contributed by atoms with Gasteiger partial charge < -0.3 is 10.8 Å². The zero-order valence-electron chi connectivity index (χ0n) is 9.72. The van der Waals surface area contributed by atoms with E-state index >= 15 is 0 Å². The first kappa shape index (κ1) is 14.3. The number of aliphatic hydroxyl groups excluding tert-OH is 1. The number of hydrogen-bond acceptors (Lipinski definition) is 4. The number of nitrogens with two attached hydrogens (primary N) is 1. The highest BCUT2D eigenvalue weighted by molar-refractivity contribution is 7.93. The van der Waals surface area contributed by atoms with Crippen LogP contribution in [0.15, 0.2) is 24.3 Å². The molecule has 0 fully saturated rings. The van der Waals surface area contributed by atoms with Gasteiger partial charge >= 0.3 is 0 Å². The van der Waals surface area contributed by atoms with Crippen LogP contribution in [0.2, 0.25) is 0 Å². The lowest BCUT2D eigenvalue weighted by molar-refractivity contribution is 0.155. The van der Waals surface area contributed by atoms with Crippen LogP contribution in [0.5, 0.6) is 0 Å². The van der Waals surface area contributed by atoms with Crippen molar-refractivity contribution in [3.8, 4) is 0 Å². The molecule has 0 saturated heterocycles. The van der Waals surface area contributed by atoms with E-state index in [1.54, 1.807) is 25.1 Å². The number of sulfone groups is 1. The molecule has 1 aromatic carbocycles. The summed E-state index contributed by atoms with van der Waals surface area (Å²) in [6, 6.07) is 6.41. The van der Waals surface area contributed by atoms with Crippen LogP contribution < -0.4 is 5.73 Å². The fraction of sp³-hybridized carbons (Fsp3) is 0.455. The molecule has 0 aliphatic heterocycles. The summed E-state index contributed by atoms with van der Waals surface area (Å²) in [5.74, 6) is 0. The molecule has 0 amide bonds. The van der Waals surface area contributed by atoms with E-state index in [9.17, 15) is 13.5 Å². The molecular formula is C11H16ClNO3S. The molecule has 0 radical (unpaired) electrons. The van der Waals surface area contributed by atoms with E-state index in [1.807, 2.05) is 0 Å². The molecule has 0 saturated carbocycles. The lowest BCUT2D eigenvalue weighted by atomic mass is 10.0. The van der Waals surface area contributed by atoms with E-state index in [2.05, 4.69) is 0 Å². The van der Waals surface area contributed by atoms with Crippen molar-refractivity contribution in [3.63, 3.8) is 0 Å². The molecule has 0 aliphatic rings. The number of hydrogen-bond donors (Lipinski definition) is 2. The third-order valence-corrected chi connectivity index (χ3v) is 5.79. The van der Waals surface area contributed by atoms with Crippen molar-refractivity contribution in [2.75, 3.05) is 12.0 Å².